The zero-order chi connectivity index (χ0) is 12.1. The van der Waals surface area contributed by atoms with Crippen LogP contribution in [-0.4, -0.2) is 53.8 Å². The van der Waals surface area contributed by atoms with Crippen LogP contribution in [0.5, 0.6) is 0 Å². The molecule has 3 N–H and O–H groups in total. The molecule has 90 valence electrons. The van der Waals surface area contributed by atoms with Crippen molar-refractivity contribution in [3.05, 3.63) is 0 Å². The van der Waals surface area contributed by atoms with Crippen LogP contribution < -0.4 is 10.6 Å². The summed E-state index contributed by atoms with van der Waals surface area (Å²) < 4.78 is 4.66. The lowest BCUT2D eigenvalue weighted by molar-refractivity contribution is -0.143. The number of nitrogens with one attached hydrogen (secondary N) is 2. The largest absolute Gasteiger partial charge is 0.480 e. The third-order valence-electron chi connectivity index (χ3n) is 1.94. The first-order valence-corrected chi connectivity index (χ1v) is 5.48. The molecule has 2 unspecified atom stereocenters. The van der Waals surface area contributed by atoms with E-state index in [-0.39, 0.29) is 11.8 Å². The smallest absolute Gasteiger partial charge is 0.328 e. The molecule has 0 aromatic heterocycles. The Morgan fingerprint density at radius 2 is 2.44 bits per heavy atom. The molecule has 1 aliphatic rings. The summed E-state index contributed by atoms with van der Waals surface area (Å²) in [6.45, 7) is -0.116. The lowest BCUT2D eigenvalue weighted by atomic mass is 10.2. The molecular formula is C8H12N2O5S. The molecule has 1 rings (SSSR count). The Kier molecular flexibility index (Phi) is 4.56. The second-order valence-corrected chi connectivity index (χ2v) is 4.14. The third-order valence-corrected chi connectivity index (χ3v) is 2.82. The number of carboxylic acids is 1. The number of ether oxygens (including phenoxy) is 1. The molecule has 0 aliphatic carbocycles. The van der Waals surface area contributed by atoms with Crippen LogP contribution in [0.25, 0.3) is 0 Å². The van der Waals surface area contributed by atoms with Crippen molar-refractivity contribution in [2.45, 2.75) is 12.1 Å². The van der Waals surface area contributed by atoms with E-state index in [0.717, 1.165) is 11.8 Å². The van der Waals surface area contributed by atoms with E-state index in [4.69, 9.17) is 5.11 Å². The van der Waals surface area contributed by atoms with E-state index in [9.17, 15) is 14.4 Å². The molecule has 7 nitrogen and oxygen atoms in total. The number of hydrogen-bond donors (Lipinski definition) is 3. The van der Waals surface area contributed by atoms with Crippen molar-refractivity contribution in [3.63, 3.8) is 0 Å². The van der Waals surface area contributed by atoms with Gasteiger partial charge in [-0.1, -0.05) is 11.8 Å². The van der Waals surface area contributed by atoms with E-state index in [0.29, 0.717) is 5.75 Å². The highest BCUT2D eigenvalue weighted by Gasteiger charge is 2.30. The van der Waals surface area contributed by atoms with Crippen molar-refractivity contribution < 1.29 is 24.2 Å². The molecule has 0 spiro atoms. The quantitative estimate of drug-likeness (QED) is 0.578. The first-order chi connectivity index (χ1) is 7.54. The van der Waals surface area contributed by atoms with Gasteiger partial charge in [-0.15, -0.1) is 0 Å². The zero-order valence-electron chi connectivity index (χ0n) is 8.56. The number of hydrogen-bond acceptors (Lipinski definition) is 5. The summed E-state index contributed by atoms with van der Waals surface area (Å²) >= 11 is 0.993. The summed E-state index contributed by atoms with van der Waals surface area (Å²) in [5.41, 5.74) is 0. The average Bonchev–Trinajstić information content (AvgIpc) is 2.64. The van der Waals surface area contributed by atoms with Crippen molar-refractivity contribution in [3.8, 4) is 0 Å². The first-order valence-electron chi connectivity index (χ1n) is 4.50. The van der Waals surface area contributed by atoms with Crippen LogP contribution in [-0.2, 0) is 14.3 Å². The third kappa shape index (κ3) is 3.38. The number of amides is 2. The van der Waals surface area contributed by atoms with Crippen molar-refractivity contribution >= 4 is 28.9 Å². The van der Waals surface area contributed by atoms with Crippen molar-refractivity contribution in [1.82, 2.24) is 10.6 Å². The van der Waals surface area contributed by atoms with Gasteiger partial charge in [-0.25, -0.2) is 4.79 Å². The Morgan fingerprint density at radius 1 is 1.75 bits per heavy atom. The lowest BCUT2D eigenvalue weighted by Gasteiger charge is -2.16. The Labute approximate surface area is 95.9 Å². The summed E-state index contributed by atoms with van der Waals surface area (Å²) in [5, 5.41) is 13.2. The molecule has 0 aromatic rings. The summed E-state index contributed by atoms with van der Waals surface area (Å²) in [7, 11) is 1.34. The maximum atomic E-state index is 11.5. The van der Waals surface area contributed by atoms with E-state index < -0.39 is 24.0 Å². The highest BCUT2D eigenvalue weighted by Crippen LogP contribution is 2.12. The van der Waals surface area contributed by atoms with E-state index in [1.807, 2.05) is 0 Å². The molecule has 8 heteroatoms. The summed E-state index contributed by atoms with van der Waals surface area (Å²) in [4.78, 5) is 33.1. The van der Waals surface area contributed by atoms with Crippen molar-refractivity contribution in [2.75, 3.05) is 19.5 Å². The van der Waals surface area contributed by atoms with Crippen molar-refractivity contribution in [1.29, 1.82) is 0 Å². The van der Waals surface area contributed by atoms with E-state index in [2.05, 4.69) is 15.4 Å². The molecule has 0 radical (unpaired) electrons. The standard InChI is InChI=1S/C8H12N2O5S/c1-15-2-4(7(12)13)9-6(11)5-3-16-8(14)10-5/h4-5H,2-3H2,1H3,(H,9,11)(H,10,14)(H,12,13). The van der Waals surface area contributed by atoms with Crippen LogP contribution in [0, 0.1) is 0 Å². The minimum atomic E-state index is -1.17. The Balaban J connectivity index is 2.48. The number of rotatable bonds is 5. The maximum absolute atomic E-state index is 11.5. The van der Waals surface area contributed by atoms with Crippen LogP contribution >= 0.6 is 11.8 Å². The zero-order valence-corrected chi connectivity index (χ0v) is 9.37. The number of carboxylic acid groups (broad SMARTS) is 1. The van der Waals surface area contributed by atoms with Gasteiger partial charge in [0.25, 0.3) is 5.24 Å². The molecule has 1 fully saturated rings. The maximum Gasteiger partial charge on any atom is 0.328 e. The Bertz CT molecular complexity index is 309. The number of thioether (sulfide) groups is 1. The summed E-state index contributed by atoms with van der Waals surface area (Å²) in [5.74, 6) is -1.38. The molecule has 1 heterocycles. The number of aliphatic carboxylic acids is 1. The number of carbonyl (C=O) groups is 3. The van der Waals surface area contributed by atoms with E-state index in [1.54, 1.807) is 0 Å². The molecule has 0 saturated carbocycles. The predicted octanol–water partition coefficient (Wildman–Crippen LogP) is -0.973. The second kappa shape index (κ2) is 5.71. The van der Waals surface area contributed by atoms with Gasteiger partial charge in [-0.3, -0.25) is 9.59 Å². The highest BCUT2D eigenvalue weighted by atomic mass is 32.2. The van der Waals surface area contributed by atoms with Gasteiger partial charge in [-0.05, 0) is 0 Å². The van der Waals surface area contributed by atoms with Gasteiger partial charge >= 0.3 is 5.97 Å². The lowest BCUT2D eigenvalue weighted by Crippen LogP contribution is -2.51. The Morgan fingerprint density at radius 3 is 2.88 bits per heavy atom. The van der Waals surface area contributed by atoms with Crippen LogP contribution in [0.2, 0.25) is 0 Å². The van der Waals surface area contributed by atoms with Gasteiger partial charge in [-0.2, -0.15) is 0 Å². The molecule has 2 amide bonds. The summed E-state index contributed by atoms with van der Waals surface area (Å²) in [6, 6.07) is -1.77. The van der Waals surface area contributed by atoms with Gasteiger partial charge in [0.1, 0.15) is 6.04 Å². The average molecular weight is 248 g/mol. The molecule has 1 aliphatic heterocycles. The topological polar surface area (TPSA) is 105 Å². The van der Waals surface area contributed by atoms with E-state index >= 15 is 0 Å². The van der Waals surface area contributed by atoms with Crippen LogP contribution in [0.15, 0.2) is 0 Å². The molecule has 0 bridgehead atoms. The van der Waals surface area contributed by atoms with Crippen LogP contribution in [0.1, 0.15) is 0 Å². The van der Waals surface area contributed by atoms with Crippen LogP contribution in [0.3, 0.4) is 0 Å². The Hall–Kier alpha value is -1.28. The highest BCUT2D eigenvalue weighted by molar-refractivity contribution is 8.14. The first kappa shape index (κ1) is 12.8. The van der Waals surface area contributed by atoms with E-state index in [1.165, 1.54) is 7.11 Å². The fraction of sp³-hybridized carbons (Fsp3) is 0.625. The normalized spacial score (nSPS) is 21.3. The number of carbonyl (C=O) groups excluding carboxylic acids is 2. The van der Waals surface area contributed by atoms with Gasteiger partial charge in [0, 0.05) is 12.9 Å². The van der Waals surface area contributed by atoms with Gasteiger partial charge in [0.15, 0.2) is 6.04 Å². The van der Waals surface area contributed by atoms with Gasteiger partial charge < -0.3 is 20.5 Å². The fourth-order valence-corrected chi connectivity index (χ4v) is 1.92. The fourth-order valence-electron chi connectivity index (χ4n) is 1.14. The predicted molar refractivity (Wildman–Crippen MR) is 56.2 cm³/mol. The molecule has 16 heavy (non-hydrogen) atoms. The molecular weight excluding hydrogens is 236 g/mol. The molecule has 1 saturated heterocycles. The molecule has 2 atom stereocenters. The van der Waals surface area contributed by atoms with Gasteiger partial charge in [0.05, 0.1) is 6.61 Å². The SMILES string of the molecule is COCC(NC(=O)C1CSC(=O)N1)C(=O)O. The van der Waals surface area contributed by atoms with Crippen LogP contribution in [0.4, 0.5) is 4.79 Å². The van der Waals surface area contributed by atoms with Gasteiger partial charge in [0.2, 0.25) is 5.91 Å². The summed E-state index contributed by atoms with van der Waals surface area (Å²) in [6.07, 6.45) is 0. The minimum absolute atomic E-state index is 0.116. The second-order valence-electron chi connectivity index (χ2n) is 3.15. The molecule has 0 aromatic carbocycles. The minimum Gasteiger partial charge on any atom is -0.480 e. The monoisotopic (exact) mass is 248 g/mol. The van der Waals surface area contributed by atoms with Crippen molar-refractivity contribution in [2.24, 2.45) is 0 Å². The number of methoxy groups -OCH3 is 1.